The van der Waals surface area contributed by atoms with E-state index in [9.17, 15) is 9.59 Å². The zero-order valence-corrected chi connectivity index (χ0v) is 10.8. The number of carbonyl (C=O) groups is 2. The number of rotatable bonds is 2. The molecule has 0 aliphatic rings. The summed E-state index contributed by atoms with van der Waals surface area (Å²) in [5, 5.41) is 0. The van der Waals surface area contributed by atoms with Gasteiger partial charge in [-0.05, 0) is 34.1 Å². The first-order valence-electron chi connectivity index (χ1n) is 4.56. The molecule has 0 saturated heterocycles. The normalized spacial score (nSPS) is 9.35. The molecule has 0 bridgehead atoms. The van der Waals surface area contributed by atoms with Crippen molar-refractivity contribution in [3.05, 3.63) is 28.2 Å². The van der Waals surface area contributed by atoms with Gasteiger partial charge < -0.3 is 9.47 Å². The van der Waals surface area contributed by atoms with Gasteiger partial charge in [-0.3, -0.25) is 10.2 Å². The molecule has 0 saturated carbocycles. The van der Waals surface area contributed by atoms with Gasteiger partial charge in [0.15, 0.2) is 0 Å². The zero-order chi connectivity index (χ0) is 12.8. The van der Waals surface area contributed by atoms with E-state index in [0.717, 1.165) is 0 Å². The zero-order valence-electron chi connectivity index (χ0n) is 9.24. The number of ether oxygens (including phenoxy) is 2. The van der Waals surface area contributed by atoms with E-state index < -0.39 is 12.0 Å². The van der Waals surface area contributed by atoms with Gasteiger partial charge in [-0.1, -0.05) is 0 Å². The summed E-state index contributed by atoms with van der Waals surface area (Å²) in [7, 11) is 2.73. The highest BCUT2D eigenvalue weighted by Crippen LogP contribution is 2.25. The molecule has 0 aromatic heterocycles. The fraction of sp³-hybridized carbons (Fsp3) is 0.200. The molecule has 0 heterocycles. The second kappa shape index (κ2) is 6.09. The van der Waals surface area contributed by atoms with Gasteiger partial charge in [-0.25, -0.2) is 10.2 Å². The molecule has 0 radical (unpaired) electrons. The van der Waals surface area contributed by atoms with Gasteiger partial charge in [0.2, 0.25) is 0 Å². The van der Waals surface area contributed by atoms with Crippen LogP contribution in [0.1, 0.15) is 10.4 Å². The largest absolute Gasteiger partial charge is 0.496 e. The molecule has 0 spiro atoms. The van der Waals surface area contributed by atoms with Crippen molar-refractivity contribution < 1.29 is 19.1 Å². The molecule has 0 unspecified atom stereocenters. The maximum atomic E-state index is 11.6. The molecule has 0 aliphatic carbocycles. The third-order valence-corrected chi connectivity index (χ3v) is 2.50. The van der Waals surface area contributed by atoms with Crippen LogP contribution in [-0.2, 0) is 4.74 Å². The number of halogens is 1. The van der Waals surface area contributed by atoms with Crippen molar-refractivity contribution in [3.63, 3.8) is 0 Å². The standard InChI is InChI=1S/C10H11BrN2O4/c1-16-8-4-3-6(5-7(8)11)9(14)12-13-10(15)17-2/h3-5H,1-2H3,(H,12,14)(H,13,15). The van der Waals surface area contributed by atoms with Crippen LogP contribution in [0.2, 0.25) is 0 Å². The van der Waals surface area contributed by atoms with Crippen molar-refractivity contribution in [2.75, 3.05) is 14.2 Å². The first kappa shape index (κ1) is 13.3. The maximum Gasteiger partial charge on any atom is 0.425 e. The predicted octanol–water partition coefficient (Wildman–Crippen LogP) is 1.46. The van der Waals surface area contributed by atoms with Crippen LogP contribution in [0, 0.1) is 0 Å². The lowest BCUT2D eigenvalue weighted by molar-refractivity contribution is 0.0920. The molecule has 0 aliphatic heterocycles. The van der Waals surface area contributed by atoms with E-state index in [2.05, 4.69) is 31.5 Å². The van der Waals surface area contributed by atoms with E-state index in [1.165, 1.54) is 14.2 Å². The predicted molar refractivity (Wildman–Crippen MR) is 63.7 cm³/mol. The molecule has 2 N–H and O–H groups in total. The van der Waals surface area contributed by atoms with Crippen molar-refractivity contribution in [2.45, 2.75) is 0 Å². The summed E-state index contributed by atoms with van der Waals surface area (Å²) in [5.74, 6) is 0.154. The highest BCUT2D eigenvalue weighted by Gasteiger charge is 2.09. The number of hydrazine groups is 1. The molecule has 2 amide bonds. The van der Waals surface area contributed by atoms with E-state index in [4.69, 9.17) is 4.74 Å². The first-order chi connectivity index (χ1) is 8.08. The molecule has 1 aromatic rings. The summed E-state index contributed by atoms with van der Waals surface area (Å²) in [5.41, 5.74) is 4.63. The Morgan fingerprint density at radius 1 is 1.24 bits per heavy atom. The van der Waals surface area contributed by atoms with E-state index in [0.29, 0.717) is 15.8 Å². The SMILES string of the molecule is COC(=O)NNC(=O)c1ccc(OC)c(Br)c1. The molecule has 7 heteroatoms. The molecule has 0 fully saturated rings. The number of methoxy groups -OCH3 is 2. The number of hydrogen-bond donors (Lipinski definition) is 2. The van der Waals surface area contributed by atoms with Crippen molar-refractivity contribution in [1.82, 2.24) is 10.9 Å². The summed E-state index contributed by atoms with van der Waals surface area (Å²) >= 11 is 3.25. The minimum atomic E-state index is -0.745. The molecule has 92 valence electrons. The lowest BCUT2D eigenvalue weighted by atomic mass is 10.2. The fourth-order valence-corrected chi connectivity index (χ4v) is 1.58. The van der Waals surface area contributed by atoms with Gasteiger partial charge in [0.05, 0.1) is 18.7 Å². The summed E-state index contributed by atoms with van der Waals surface area (Å²) in [4.78, 5) is 22.3. The van der Waals surface area contributed by atoms with Crippen LogP contribution in [0.3, 0.4) is 0 Å². The van der Waals surface area contributed by atoms with Crippen LogP contribution in [0.25, 0.3) is 0 Å². The highest BCUT2D eigenvalue weighted by molar-refractivity contribution is 9.10. The summed E-state index contributed by atoms with van der Waals surface area (Å²) in [6, 6.07) is 4.78. The topological polar surface area (TPSA) is 76.7 Å². The minimum absolute atomic E-state index is 0.370. The number of benzene rings is 1. The van der Waals surface area contributed by atoms with Gasteiger partial charge in [0, 0.05) is 5.56 Å². The Labute approximate surface area is 106 Å². The average molecular weight is 303 g/mol. The van der Waals surface area contributed by atoms with Gasteiger partial charge in [0.25, 0.3) is 5.91 Å². The van der Waals surface area contributed by atoms with Crippen LogP contribution >= 0.6 is 15.9 Å². The van der Waals surface area contributed by atoms with Crippen LogP contribution in [0.4, 0.5) is 4.79 Å². The monoisotopic (exact) mass is 302 g/mol. The molecule has 1 aromatic carbocycles. The Balaban J connectivity index is 2.69. The Bertz CT molecular complexity index is 436. The van der Waals surface area contributed by atoms with Gasteiger partial charge in [-0.15, -0.1) is 0 Å². The summed E-state index contributed by atoms with van der Waals surface area (Å²) in [6.45, 7) is 0. The van der Waals surface area contributed by atoms with Crippen molar-refractivity contribution in [3.8, 4) is 5.75 Å². The van der Waals surface area contributed by atoms with Crippen molar-refractivity contribution >= 4 is 27.9 Å². The molecular weight excluding hydrogens is 292 g/mol. The number of carbonyl (C=O) groups excluding carboxylic acids is 2. The molecule has 1 rings (SSSR count). The van der Waals surface area contributed by atoms with Crippen LogP contribution in [-0.4, -0.2) is 26.2 Å². The van der Waals surface area contributed by atoms with E-state index in [1.54, 1.807) is 18.2 Å². The Morgan fingerprint density at radius 3 is 2.47 bits per heavy atom. The lowest BCUT2D eigenvalue weighted by Crippen LogP contribution is -2.41. The highest BCUT2D eigenvalue weighted by atomic mass is 79.9. The Kier molecular flexibility index (Phi) is 4.77. The number of nitrogens with one attached hydrogen (secondary N) is 2. The average Bonchev–Trinajstić information content (AvgIpc) is 2.35. The number of amides is 2. The molecule has 17 heavy (non-hydrogen) atoms. The van der Waals surface area contributed by atoms with E-state index >= 15 is 0 Å². The van der Waals surface area contributed by atoms with Crippen LogP contribution in [0.5, 0.6) is 5.75 Å². The lowest BCUT2D eigenvalue weighted by Gasteiger charge is -2.08. The third-order valence-electron chi connectivity index (χ3n) is 1.88. The molecular formula is C10H11BrN2O4. The Morgan fingerprint density at radius 2 is 1.94 bits per heavy atom. The van der Waals surface area contributed by atoms with Crippen molar-refractivity contribution in [2.24, 2.45) is 0 Å². The summed E-state index contributed by atoms with van der Waals surface area (Å²) < 4.78 is 9.97. The van der Waals surface area contributed by atoms with E-state index in [1.807, 2.05) is 0 Å². The van der Waals surface area contributed by atoms with Crippen LogP contribution in [0.15, 0.2) is 22.7 Å². The van der Waals surface area contributed by atoms with Crippen LogP contribution < -0.4 is 15.6 Å². The Hall–Kier alpha value is -1.76. The van der Waals surface area contributed by atoms with Gasteiger partial charge in [0.1, 0.15) is 5.75 Å². The second-order valence-electron chi connectivity index (χ2n) is 2.92. The smallest absolute Gasteiger partial charge is 0.425 e. The third kappa shape index (κ3) is 3.63. The maximum absolute atomic E-state index is 11.6. The minimum Gasteiger partial charge on any atom is -0.496 e. The number of hydrogen-bond acceptors (Lipinski definition) is 4. The van der Waals surface area contributed by atoms with Crippen molar-refractivity contribution in [1.29, 1.82) is 0 Å². The fourth-order valence-electron chi connectivity index (χ4n) is 1.04. The second-order valence-corrected chi connectivity index (χ2v) is 3.77. The molecule has 0 atom stereocenters. The first-order valence-corrected chi connectivity index (χ1v) is 5.35. The quantitative estimate of drug-likeness (QED) is 0.811. The van der Waals surface area contributed by atoms with Gasteiger partial charge >= 0.3 is 6.09 Å². The molecule has 6 nitrogen and oxygen atoms in total. The van der Waals surface area contributed by atoms with E-state index in [-0.39, 0.29) is 0 Å². The summed E-state index contributed by atoms with van der Waals surface area (Å²) in [6.07, 6.45) is -0.745. The van der Waals surface area contributed by atoms with Gasteiger partial charge in [-0.2, -0.15) is 0 Å².